The average Bonchev–Trinajstić information content (AvgIpc) is 3.33. The maximum atomic E-state index is 14.3. The molecular formula is C20H24FN5O3. The number of likely N-dealkylation sites (tertiary alicyclic amines) is 1. The van der Waals surface area contributed by atoms with Crippen molar-refractivity contribution in [3.8, 4) is 6.01 Å². The van der Waals surface area contributed by atoms with Gasteiger partial charge in [0.05, 0.1) is 13.2 Å². The molecule has 1 aliphatic heterocycles. The van der Waals surface area contributed by atoms with Crippen molar-refractivity contribution in [1.82, 2.24) is 24.4 Å². The van der Waals surface area contributed by atoms with Crippen LogP contribution in [0.5, 0.6) is 6.01 Å². The fourth-order valence-electron chi connectivity index (χ4n) is 3.54. The number of fused-ring (bicyclic) bond motifs is 1. The first-order valence-corrected chi connectivity index (χ1v) is 9.72. The molecule has 1 aliphatic rings. The van der Waals surface area contributed by atoms with Gasteiger partial charge < -0.3 is 14.5 Å². The lowest BCUT2D eigenvalue weighted by Gasteiger charge is -2.14. The van der Waals surface area contributed by atoms with E-state index in [1.54, 1.807) is 0 Å². The monoisotopic (exact) mass is 401 g/mol. The molecule has 0 atom stereocenters. The van der Waals surface area contributed by atoms with Crippen LogP contribution in [0.4, 0.5) is 4.39 Å². The highest BCUT2D eigenvalue weighted by atomic mass is 19.1. The highest BCUT2D eigenvalue weighted by Crippen LogP contribution is 2.17. The molecule has 0 spiro atoms. The van der Waals surface area contributed by atoms with Crippen LogP contribution in [0.1, 0.15) is 24.0 Å². The molecule has 1 aromatic carbocycles. The summed E-state index contributed by atoms with van der Waals surface area (Å²) < 4.78 is 25.9. The quantitative estimate of drug-likeness (QED) is 0.459. The van der Waals surface area contributed by atoms with Crippen LogP contribution in [0.3, 0.4) is 0 Å². The molecule has 0 saturated carbocycles. The van der Waals surface area contributed by atoms with Crippen molar-refractivity contribution in [3.05, 3.63) is 51.8 Å². The van der Waals surface area contributed by atoms with Gasteiger partial charge in [0.25, 0.3) is 0 Å². The molecule has 1 N–H and O–H groups in total. The number of H-pyrrole nitrogens is 1. The van der Waals surface area contributed by atoms with Gasteiger partial charge in [-0.05, 0) is 37.1 Å². The summed E-state index contributed by atoms with van der Waals surface area (Å²) in [6, 6.07) is 8.00. The third kappa shape index (κ3) is 4.46. The Hall–Kier alpha value is -2.78. The molecule has 0 amide bonds. The molecule has 2 aromatic heterocycles. The predicted molar refractivity (Wildman–Crippen MR) is 106 cm³/mol. The van der Waals surface area contributed by atoms with Crippen molar-refractivity contribution >= 4 is 11.2 Å². The van der Waals surface area contributed by atoms with Crippen molar-refractivity contribution in [2.45, 2.75) is 25.9 Å². The number of imidazole rings is 1. The summed E-state index contributed by atoms with van der Waals surface area (Å²) in [6.07, 6.45) is 2.52. The number of aromatic amines is 1. The van der Waals surface area contributed by atoms with E-state index in [2.05, 4.69) is 32.0 Å². The zero-order valence-corrected chi connectivity index (χ0v) is 16.4. The molecule has 1 saturated heterocycles. The summed E-state index contributed by atoms with van der Waals surface area (Å²) in [5.41, 5.74) is 1.88. The first kappa shape index (κ1) is 19.5. The van der Waals surface area contributed by atoms with Crippen LogP contribution >= 0.6 is 0 Å². The number of rotatable bonds is 8. The van der Waals surface area contributed by atoms with Gasteiger partial charge in [-0.1, -0.05) is 24.3 Å². The molecule has 0 bridgehead atoms. The lowest BCUT2D eigenvalue weighted by molar-refractivity contribution is 0.140. The van der Waals surface area contributed by atoms with Gasteiger partial charge in [-0.2, -0.15) is 14.4 Å². The van der Waals surface area contributed by atoms with Gasteiger partial charge in [0.2, 0.25) is 5.95 Å². The Kier molecular flexibility index (Phi) is 5.86. The van der Waals surface area contributed by atoms with Gasteiger partial charge >= 0.3 is 11.7 Å². The fourth-order valence-corrected chi connectivity index (χ4v) is 3.54. The first-order chi connectivity index (χ1) is 14.1. The molecular weight excluding hydrogens is 377 g/mol. The van der Waals surface area contributed by atoms with E-state index in [4.69, 9.17) is 9.47 Å². The molecule has 8 nitrogen and oxygen atoms in total. The van der Waals surface area contributed by atoms with E-state index in [0.717, 1.165) is 25.2 Å². The molecule has 3 heterocycles. The Morgan fingerprint density at radius 1 is 1.07 bits per heavy atom. The van der Waals surface area contributed by atoms with E-state index in [0.29, 0.717) is 6.61 Å². The number of hydrogen-bond acceptors (Lipinski definition) is 6. The standard InChI is InChI=1S/C20H24FN5O3/c1-28-10-11-29-19-23-17(21)16-18(24-19)26(20(27)22-16)13-15-6-4-14(5-7-15)12-25-8-2-3-9-25/h4-7H,2-3,8-13H2,1H3,(H,22,27). The van der Waals surface area contributed by atoms with Crippen LogP contribution in [-0.4, -0.2) is 57.8 Å². The molecule has 1 fully saturated rings. The number of nitrogens with one attached hydrogen (secondary N) is 1. The summed E-state index contributed by atoms with van der Waals surface area (Å²) in [4.78, 5) is 25.2. The molecule has 3 aromatic rings. The number of ether oxygens (including phenoxy) is 2. The second-order valence-corrected chi connectivity index (χ2v) is 7.15. The Balaban J connectivity index is 1.55. The van der Waals surface area contributed by atoms with Crippen LogP contribution in [0, 0.1) is 5.95 Å². The number of hydrogen-bond donors (Lipinski definition) is 1. The third-order valence-electron chi connectivity index (χ3n) is 5.05. The third-order valence-corrected chi connectivity index (χ3v) is 5.05. The van der Waals surface area contributed by atoms with Crippen molar-refractivity contribution in [2.24, 2.45) is 0 Å². The lowest BCUT2D eigenvalue weighted by Crippen LogP contribution is -2.19. The highest BCUT2D eigenvalue weighted by molar-refractivity contribution is 5.70. The highest BCUT2D eigenvalue weighted by Gasteiger charge is 2.17. The minimum atomic E-state index is -0.820. The summed E-state index contributed by atoms with van der Waals surface area (Å²) in [7, 11) is 1.54. The minimum absolute atomic E-state index is 0.0280. The van der Waals surface area contributed by atoms with Crippen LogP contribution in [0.15, 0.2) is 29.1 Å². The van der Waals surface area contributed by atoms with E-state index < -0.39 is 11.6 Å². The van der Waals surface area contributed by atoms with Gasteiger partial charge in [-0.15, -0.1) is 0 Å². The molecule has 4 rings (SSSR count). The number of halogens is 1. The van der Waals surface area contributed by atoms with Crippen LogP contribution in [0.25, 0.3) is 11.2 Å². The largest absolute Gasteiger partial charge is 0.461 e. The van der Waals surface area contributed by atoms with Gasteiger partial charge in [0.1, 0.15) is 12.1 Å². The van der Waals surface area contributed by atoms with Crippen molar-refractivity contribution in [1.29, 1.82) is 0 Å². The molecule has 0 unspecified atom stereocenters. The van der Waals surface area contributed by atoms with Crippen molar-refractivity contribution < 1.29 is 13.9 Å². The first-order valence-electron chi connectivity index (χ1n) is 9.72. The lowest BCUT2D eigenvalue weighted by atomic mass is 10.1. The number of benzene rings is 1. The van der Waals surface area contributed by atoms with Crippen LogP contribution in [0.2, 0.25) is 0 Å². The maximum absolute atomic E-state index is 14.3. The average molecular weight is 401 g/mol. The van der Waals surface area contributed by atoms with Crippen molar-refractivity contribution in [2.75, 3.05) is 33.4 Å². The predicted octanol–water partition coefficient (Wildman–Crippen LogP) is 1.93. The zero-order chi connectivity index (χ0) is 20.2. The Morgan fingerprint density at radius 3 is 2.45 bits per heavy atom. The smallest absolute Gasteiger partial charge is 0.328 e. The Morgan fingerprint density at radius 2 is 1.76 bits per heavy atom. The van der Waals surface area contributed by atoms with Gasteiger partial charge in [0, 0.05) is 13.7 Å². The molecule has 0 radical (unpaired) electrons. The van der Waals surface area contributed by atoms with Gasteiger partial charge in [0.15, 0.2) is 5.65 Å². The zero-order valence-electron chi connectivity index (χ0n) is 16.4. The second kappa shape index (κ2) is 8.71. The van der Waals surface area contributed by atoms with Gasteiger partial charge in [-0.25, -0.2) is 4.79 Å². The summed E-state index contributed by atoms with van der Waals surface area (Å²) in [5, 5.41) is 0. The Bertz CT molecular complexity index is 1030. The molecule has 29 heavy (non-hydrogen) atoms. The summed E-state index contributed by atoms with van der Waals surface area (Å²) in [6.45, 7) is 4.02. The maximum Gasteiger partial charge on any atom is 0.328 e. The van der Waals surface area contributed by atoms with Crippen LogP contribution in [-0.2, 0) is 17.8 Å². The minimum Gasteiger partial charge on any atom is -0.461 e. The summed E-state index contributed by atoms with van der Waals surface area (Å²) in [5.74, 6) is -0.820. The topological polar surface area (TPSA) is 85.3 Å². The van der Waals surface area contributed by atoms with E-state index in [-0.39, 0.29) is 30.3 Å². The number of nitrogens with zero attached hydrogens (tertiary/aromatic N) is 4. The van der Waals surface area contributed by atoms with Crippen LogP contribution < -0.4 is 10.4 Å². The molecule has 0 aliphatic carbocycles. The second-order valence-electron chi connectivity index (χ2n) is 7.15. The van der Waals surface area contributed by atoms with E-state index in [9.17, 15) is 9.18 Å². The number of methoxy groups -OCH3 is 1. The van der Waals surface area contributed by atoms with E-state index in [1.165, 1.54) is 30.1 Å². The van der Waals surface area contributed by atoms with E-state index in [1.807, 2.05) is 12.1 Å². The van der Waals surface area contributed by atoms with Crippen molar-refractivity contribution in [3.63, 3.8) is 0 Å². The Labute approximate surface area is 167 Å². The fraction of sp³-hybridized carbons (Fsp3) is 0.450. The molecule has 154 valence electrons. The van der Waals surface area contributed by atoms with Gasteiger partial charge in [-0.3, -0.25) is 9.47 Å². The SMILES string of the molecule is COCCOc1nc(F)c2[nH]c(=O)n(Cc3ccc(CN4CCCC4)cc3)c2n1. The summed E-state index contributed by atoms with van der Waals surface area (Å²) >= 11 is 0. The molecule has 9 heteroatoms. The number of aromatic nitrogens is 4. The van der Waals surface area contributed by atoms with E-state index >= 15 is 0 Å². The normalized spacial score (nSPS) is 14.7.